The van der Waals surface area contributed by atoms with Crippen LogP contribution in [0.3, 0.4) is 0 Å². The summed E-state index contributed by atoms with van der Waals surface area (Å²) in [6.45, 7) is 2.16. The van der Waals surface area contributed by atoms with E-state index in [-0.39, 0.29) is 11.9 Å². The molecule has 0 aromatic heterocycles. The van der Waals surface area contributed by atoms with Gasteiger partial charge in [0.2, 0.25) is 0 Å². The fraction of sp³-hybridized carbons (Fsp3) is 0.588. The number of ether oxygens (including phenoxy) is 1. The highest BCUT2D eigenvalue weighted by molar-refractivity contribution is 5.94. The molecule has 3 rings (SSSR count). The van der Waals surface area contributed by atoms with Gasteiger partial charge < -0.3 is 10.1 Å². The van der Waals surface area contributed by atoms with Crippen molar-refractivity contribution in [1.82, 2.24) is 5.32 Å². The van der Waals surface area contributed by atoms with Gasteiger partial charge in [-0.2, -0.15) is 0 Å². The third kappa shape index (κ3) is 2.54. The quantitative estimate of drug-likeness (QED) is 0.914. The van der Waals surface area contributed by atoms with E-state index in [2.05, 4.69) is 12.2 Å². The molecule has 1 N–H and O–H groups in total. The maximum atomic E-state index is 12.3. The molecule has 1 aromatic carbocycles. The van der Waals surface area contributed by atoms with Crippen molar-refractivity contribution in [2.75, 3.05) is 7.11 Å². The van der Waals surface area contributed by atoms with Gasteiger partial charge in [0.1, 0.15) is 5.75 Å². The van der Waals surface area contributed by atoms with E-state index in [9.17, 15) is 4.79 Å². The van der Waals surface area contributed by atoms with Gasteiger partial charge in [-0.25, -0.2) is 0 Å². The molecule has 2 aliphatic rings. The monoisotopic (exact) mass is 273 g/mol. The molecule has 1 amide bonds. The largest absolute Gasteiger partial charge is 0.497 e. The van der Waals surface area contributed by atoms with Gasteiger partial charge in [-0.15, -0.1) is 0 Å². The molecule has 0 saturated heterocycles. The molecule has 2 saturated carbocycles. The van der Waals surface area contributed by atoms with Gasteiger partial charge in [0, 0.05) is 11.6 Å². The minimum Gasteiger partial charge on any atom is -0.497 e. The van der Waals surface area contributed by atoms with Crippen molar-refractivity contribution in [3.8, 4) is 5.75 Å². The summed E-state index contributed by atoms with van der Waals surface area (Å²) >= 11 is 0. The van der Waals surface area contributed by atoms with Gasteiger partial charge in [-0.3, -0.25) is 4.79 Å². The molecule has 108 valence electrons. The first-order chi connectivity index (χ1) is 9.67. The number of carbonyl (C=O) groups excluding carboxylic acids is 1. The van der Waals surface area contributed by atoms with Crippen LogP contribution in [0.4, 0.5) is 0 Å². The Labute approximate surface area is 120 Å². The lowest BCUT2D eigenvalue weighted by molar-refractivity contribution is 0.0915. The van der Waals surface area contributed by atoms with Crippen LogP contribution in [0.1, 0.15) is 43.0 Å². The molecule has 3 heteroatoms. The Bertz CT molecular complexity index is 482. The summed E-state index contributed by atoms with van der Waals surface area (Å²) in [5.41, 5.74) is 0.709. The number of amides is 1. The van der Waals surface area contributed by atoms with Gasteiger partial charge in [0.25, 0.3) is 5.91 Å². The first kappa shape index (κ1) is 13.5. The van der Waals surface area contributed by atoms with Crippen molar-refractivity contribution in [3.05, 3.63) is 29.8 Å². The standard InChI is InChI=1S/C17H23NO2/c1-11(16-10-12-3-4-14(16)9-12)18-17(19)13-5-7-15(20-2)8-6-13/h5-8,11-12,14,16H,3-4,9-10H2,1-2H3,(H,18,19)/t11-,12-,14-,16-/m0/s1. The van der Waals surface area contributed by atoms with E-state index < -0.39 is 0 Å². The number of rotatable bonds is 4. The van der Waals surface area contributed by atoms with Crippen LogP contribution in [0.25, 0.3) is 0 Å². The van der Waals surface area contributed by atoms with Crippen LogP contribution in [0, 0.1) is 17.8 Å². The molecule has 0 radical (unpaired) electrons. The van der Waals surface area contributed by atoms with Crippen molar-refractivity contribution >= 4 is 5.91 Å². The molecule has 0 aliphatic heterocycles. The lowest BCUT2D eigenvalue weighted by Gasteiger charge is -2.28. The Morgan fingerprint density at radius 1 is 1.25 bits per heavy atom. The van der Waals surface area contributed by atoms with Crippen LogP contribution < -0.4 is 10.1 Å². The van der Waals surface area contributed by atoms with Crippen molar-refractivity contribution in [1.29, 1.82) is 0 Å². The van der Waals surface area contributed by atoms with E-state index in [0.717, 1.165) is 17.6 Å². The van der Waals surface area contributed by atoms with Crippen molar-refractivity contribution < 1.29 is 9.53 Å². The molecule has 0 spiro atoms. The highest BCUT2D eigenvalue weighted by Gasteiger charge is 2.42. The Morgan fingerprint density at radius 3 is 2.55 bits per heavy atom. The first-order valence-corrected chi connectivity index (χ1v) is 7.62. The van der Waals surface area contributed by atoms with Crippen molar-refractivity contribution in [2.45, 2.75) is 38.6 Å². The Balaban J connectivity index is 1.60. The van der Waals surface area contributed by atoms with E-state index in [1.807, 2.05) is 24.3 Å². The predicted octanol–water partition coefficient (Wildman–Crippen LogP) is 3.25. The number of hydrogen-bond donors (Lipinski definition) is 1. The van der Waals surface area contributed by atoms with Crippen LogP contribution in [0.5, 0.6) is 5.75 Å². The molecular weight excluding hydrogens is 250 g/mol. The lowest BCUT2D eigenvalue weighted by Crippen LogP contribution is -2.40. The number of hydrogen-bond acceptors (Lipinski definition) is 2. The fourth-order valence-corrected chi connectivity index (χ4v) is 4.05. The number of benzene rings is 1. The fourth-order valence-electron chi connectivity index (χ4n) is 4.05. The molecular formula is C17H23NO2. The number of carbonyl (C=O) groups is 1. The van der Waals surface area contributed by atoms with Crippen molar-refractivity contribution in [3.63, 3.8) is 0 Å². The summed E-state index contributed by atoms with van der Waals surface area (Å²) in [6.07, 6.45) is 5.44. The zero-order valence-corrected chi connectivity index (χ0v) is 12.3. The molecule has 0 unspecified atom stereocenters. The Kier molecular flexibility index (Phi) is 3.68. The first-order valence-electron chi connectivity index (χ1n) is 7.62. The van der Waals surface area contributed by atoms with Gasteiger partial charge in [-0.1, -0.05) is 6.42 Å². The minimum absolute atomic E-state index is 0.0305. The molecule has 2 fully saturated rings. The highest BCUT2D eigenvalue weighted by atomic mass is 16.5. The number of nitrogens with one attached hydrogen (secondary N) is 1. The zero-order chi connectivity index (χ0) is 14.1. The molecule has 0 heterocycles. The van der Waals surface area contributed by atoms with E-state index in [1.165, 1.54) is 25.7 Å². The molecule has 2 bridgehead atoms. The van der Waals surface area contributed by atoms with E-state index in [1.54, 1.807) is 7.11 Å². The minimum atomic E-state index is 0.0305. The van der Waals surface area contributed by atoms with Gasteiger partial charge in [0.05, 0.1) is 7.11 Å². The summed E-state index contributed by atoms with van der Waals surface area (Å²) in [6, 6.07) is 7.58. The van der Waals surface area contributed by atoms with E-state index in [4.69, 9.17) is 4.74 Å². The second-order valence-electron chi connectivity index (χ2n) is 6.33. The molecule has 20 heavy (non-hydrogen) atoms. The maximum absolute atomic E-state index is 12.3. The Hall–Kier alpha value is -1.51. The third-order valence-corrected chi connectivity index (χ3v) is 5.15. The predicted molar refractivity (Wildman–Crippen MR) is 78.9 cm³/mol. The van der Waals surface area contributed by atoms with E-state index >= 15 is 0 Å². The highest BCUT2D eigenvalue weighted by Crippen LogP contribution is 2.49. The van der Waals surface area contributed by atoms with Gasteiger partial charge >= 0.3 is 0 Å². The van der Waals surface area contributed by atoms with Crippen LogP contribution in [-0.4, -0.2) is 19.1 Å². The summed E-state index contributed by atoms with van der Waals surface area (Å²) in [5.74, 6) is 3.25. The average molecular weight is 273 g/mol. The maximum Gasteiger partial charge on any atom is 0.251 e. The summed E-state index contributed by atoms with van der Waals surface area (Å²) < 4.78 is 5.11. The number of fused-ring (bicyclic) bond motifs is 2. The van der Waals surface area contributed by atoms with Crippen LogP contribution in [0.2, 0.25) is 0 Å². The molecule has 1 aromatic rings. The molecule has 4 atom stereocenters. The zero-order valence-electron chi connectivity index (χ0n) is 12.3. The Morgan fingerprint density at radius 2 is 2.00 bits per heavy atom. The summed E-state index contributed by atoms with van der Waals surface area (Å²) in [4.78, 5) is 12.3. The van der Waals surface area contributed by atoms with E-state index in [0.29, 0.717) is 11.5 Å². The smallest absolute Gasteiger partial charge is 0.251 e. The molecule has 2 aliphatic carbocycles. The second-order valence-corrected chi connectivity index (χ2v) is 6.33. The third-order valence-electron chi connectivity index (χ3n) is 5.15. The van der Waals surface area contributed by atoms with Gasteiger partial charge in [-0.05, 0) is 68.2 Å². The topological polar surface area (TPSA) is 38.3 Å². The SMILES string of the molecule is COc1ccc(C(=O)N[C@@H](C)[C@@H]2C[C@H]3CC[C@H]2C3)cc1. The van der Waals surface area contributed by atoms with Crippen molar-refractivity contribution in [2.24, 2.45) is 17.8 Å². The normalized spacial score (nSPS) is 29.2. The number of methoxy groups -OCH3 is 1. The second kappa shape index (κ2) is 5.47. The lowest BCUT2D eigenvalue weighted by atomic mass is 9.84. The summed E-state index contributed by atoms with van der Waals surface area (Å²) in [5, 5.41) is 3.18. The van der Waals surface area contributed by atoms with Crippen LogP contribution in [-0.2, 0) is 0 Å². The summed E-state index contributed by atoms with van der Waals surface area (Å²) in [7, 11) is 1.63. The average Bonchev–Trinajstić information content (AvgIpc) is 3.10. The van der Waals surface area contributed by atoms with Gasteiger partial charge in [0.15, 0.2) is 0 Å². The van der Waals surface area contributed by atoms with Crippen LogP contribution in [0.15, 0.2) is 24.3 Å². The molecule has 3 nitrogen and oxygen atoms in total. The van der Waals surface area contributed by atoms with Crippen LogP contribution >= 0.6 is 0 Å².